The lowest BCUT2D eigenvalue weighted by atomic mass is 10.1. The summed E-state index contributed by atoms with van der Waals surface area (Å²) in [4.78, 5) is 27.1. The van der Waals surface area contributed by atoms with Gasteiger partial charge in [-0.3, -0.25) is 20.2 Å². The number of anilines is 1. The molecule has 23 heavy (non-hydrogen) atoms. The van der Waals surface area contributed by atoms with Crippen LogP contribution >= 0.6 is 22.9 Å². The number of nitro benzene ring substituents is 1. The Kier molecular flexibility index (Phi) is 3.97. The van der Waals surface area contributed by atoms with Gasteiger partial charge in [0.2, 0.25) is 0 Å². The van der Waals surface area contributed by atoms with Gasteiger partial charge in [-0.15, -0.1) is 0 Å². The van der Waals surface area contributed by atoms with Crippen molar-refractivity contribution in [2.45, 2.75) is 6.92 Å². The van der Waals surface area contributed by atoms with Crippen LogP contribution in [0.5, 0.6) is 0 Å². The van der Waals surface area contributed by atoms with E-state index < -0.39 is 10.8 Å². The Hall–Kier alpha value is -2.51. The van der Waals surface area contributed by atoms with Crippen LogP contribution in [0.2, 0.25) is 5.02 Å². The molecular formula is C15H10ClN3O3S. The Labute approximate surface area is 139 Å². The summed E-state index contributed by atoms with van der Waals surface area (Å²) >= 11 is 7.21. The molecule has 0 aliphatic carbocycles. The number of thiazole rings is 1. The predicted molar refractivity (Wildman–Crippen MR) is 90.4 cm³/mol. The van der Waals surface area contributed by atoms with E-state index in [2.05, 4.69) is 10.3 Å². The number of benzene rings is 2. The smallest absolute Gasteiger partial charge is 0.273 e. The van der Waals surface area contributed by atoms with E-state index in [-0.39, 0.29) is 11.3 Å². The molecule has 2 aromatic carbocycles. The van der Waals surface area contributed by atoms with Crippen LogP contribution in [-0.2, 0) is 0 Å². The van der Waals surface area contributed by atoms with Crippen molar-refractivity contribution in [3.05, 3.63) is 62.7 Å². The molecule has 0 fully saturated rings. The molecule has 0 unspecified atom stereocenters. The van der Waals surface area contributed by atoms with E-state index in [1.54, 1.807) is 31.2 Å². The van der Waals surface area contributed by atoms with Crippen LogP contribution in [0.15, 0.2) is 36.4 Å². The topological polar surface area (TPSA) is 85.1 Å². The number of aromatic nitrogens is 1. The van der Waals surface area contributed by atoms with E-state index >= 15 is 0 Å². The summed E-state index contributed by atoms with van der Waals surface area (Å²) in [6.07, 6.45) is 0. The van der Waals surface area contributed by atoms with Crippen LogP contribution in [0.1, 0.15) is 15.9 Å². The first-order chi connectivity index (χ1) is 11.0. The number of nitrogens with one attached hydrogen (secondary N) is 1. The molecule has 0 radical (unpaired) electrons. The lowest BCUT2D eigenvalue weighted by molar-refractivity contribution is -0.385. The summed E-state index contributed by atoms with van der Waals surface area (Å²) in [5.41, 5.74) is 1.20. The zero-order valence-corrected chi connectivity index (χ0v) is 13.4. The second-order valence-corrected chi connectivity index (χ2v) is 6.26. The lowest BCUT2D eigenvalue weighted by Crippen LogP contribution is -2.13. The molecule has 0 saturated carbocycles. The average molecular weight is 348 g/mol. The SMILES string of the molecule is Cc1c(C(=O)Nc2nc3ccc(Cl)cc3s2)cccc1[N+](=O)[O-]. The molecule has 0 saturated heterocycles. The van der Waals surface area contributed by atoms with E-state index in [1.165, 1.54) is 23.5 Å². The molecule has 0 spiro atoms. The Balaban J connectivity index is 1.91. The standard InChI is InChI=1S/C15H10ClN3O3S/c1-8-10(3-2-4-12(8)19(21)22)14(20)18-15-17-11-6-5-9(16)7-13(11)23-15/h2-7H,1H3,(H,17,18,20). The Bertz CT molecular complexity index is 939. The molecule has 8 heteroatoms. The number of carbonyl (C=O) groups excluding carboxylic acids is 1. The zero-order valence-electron chi connectivity index (χ0n) is 11.9. The second kappa shape index (κ2) is 5.94. The first-order valence-electron chi connectivity index (χ1n) is 6.57. The van der Waals surface area contributed by atoms with E-state index in [0.29, 0.717) is 15.7 Å². The van der Waals surface area contributed by atoms with Gasteiger partial charge < -0.3 is 0 Å². The van der Waals surface area contributed by atoms with Gasteiger partial charge in [0.15, 0.2) is 5.13 Å². The number of hydrogen-bond donors (Lipinski definition) is 1. The maximum Gasteiger partial charge on any atom is 0.273 e. The number of hydrogen-bond acceptors (Lipinski definition) is 5. The minimum Gasteiger partial charge on any atom is -0.298 e. The first-order valence-corrected chi connectivity index (χ1v) is 7.76. The van der Waals surface area contributed by atoms with Gasteiger partial charge in [-0.25, -0.2) is 4.98 Å². The van der Waals surface area contributed by atoms with Crippen LogP contribution < -0.4 is 5.32 Å². The van der Waals surface area contributed by atoms with Crippen molar-refractivity contribution < 1.29 is 9.72 Å². The van der Waals surface area contributed by atoms with E-state index in [1.807, 2.05) is 0 Å². The van der Waals surface area contributed by atoms with Crippen LogP contribution in [-0.4, -0.2) is 15.8 Å². The van der Waals surface area contributed by atoms with Crippen LogP contribution in [0.3, 0.4) is 0 Å². The summed E-state index contributed by atoms with van der Waals surface area (Å²) in [5, 5.41) is 14.6. The number of fused-ring (bicyclic) bond motifs is 1. The highest BCUT2D eigenvalue weighted by Gasteiger charge is 2.19. The van der Waals surface area contributed by atoms with E-state index in [4.69, 9.17) is 11.6 Å². The minimum atomic E-state index is -0.508. The number of amides is 1. The number of nitro groups is 1. The third-order valence-electron chi connectivity index (χ3n) is 3.32. The van der Waals surface area contributed by atoms with Gasteiger partial charge in [0.05, 0.1) is 15.1 Å². The van der Waals surface area contributed by atoms with E-state index in [0.717, 1.165) is 10.2 Å². The fraction of sp³-hybridized carbons (Fsp3) is 0.0667. The zero-order chi connectivity index (χ0) is 16.6. The maximum absolute atomic E-state index is 12.4. The fourth-order valence-electron chi connectivity index (χ4n) is 2.18. The van der Waals surface area contributed by atoms with Crippen molar-refractivity contribution in [1.29, 1.82) is 0 Å². The van der Waals surface area contributed by atoms with Gasteiger partial charge in [0, 0.05) is 22.2 Å². The molecule has 0 aliphatic heterocycles. The van der Waals surface area contributed by atoms with Crippen LogP contribution in [0.4, 0.5) is 10.8 Å². The molecule has 0 bridgehead atoms. The van der Waals surface area contributed by atoms with Crippen molar-refractivity contribution >= 4 is 49.9 Å². The van der Waals surface area contributed by atoms with Gasteiger partial charge in [-0.1, -0.05) is 29.0 Å². The third kappa shape index (κ3) is 3.01. The Morgan fingerprint density at radius 3 is 2.87 bits per heavy atom. The highest BCUT2D eigenvalue weighted by Crippen LogP contribution is 2.29. The lowest BCUT2D eigenvalue weighted by Gasteiger charge is -2.05. The van der Waals surface area contributed by atoms with Gasteiger partial charge >= 0.3 is 0 Å². The van der Waals surface area contributed by atoms with Crippen molar-refractivity contribution in [2.24, 2.45) is 0 Å². The van der Waals surface area contributed by atoms with Crippen molar-refractivity contribution in [1.82, 2.24) is 4.98 Å². The average Bonchev–Trinajstić information content (AvgIpc) is 2.88. The highest BCUT2D eigenvalue weighted by molar-refractivity contribution is 7.22. The summed E-state index contributed by atoms with van der Waals surface area (Å²) in [6, 6.07) is 9.65. The maximum atomic E-state index is 12.4. The van der Waals surface area contributed by atoms with Gasteiger partial charge in [-0.2, -0.15) is 0 Å². The predicted octanol–water partition coefficient (Wildman–Crippen LogP) is 4.42. The van der Waals surface area contributed by atoms with Crippen molar-refractivity contribution in [3.63, 3.8) is 0 Å². The molecule has 1 N–H and O–H groups in total. The number of carbonyl (C=O) groups is 1. The van der Waals surface area contributed by atoms with E-state index in [9.17, 15) is 14.9 Å². The molecule has 1 aromatic heterocycles. The third-order valence-corrected chi connectivity index (χ3v) is 4.49. The molecular weight excluding hydrogens is 338 g/mol. The highest BCUT2D eigenvalue weighted by atomic mass is 35.5. The Morgan fingerprint density at radius 2 is 2.13 bits per heavy atom. The molecule has 116 valence electrons. The van der Waals surface area contributed by atoms with Gasteiger partial charge in [0.1, 0.15) is 0 Å². The largest absolute Gasteiger partial charge is 0.298 e. The van der Waals surface area contributed by atoms with Crippen LogP contribution in [0, 0.1) is 17.0 Å². The molecule has 6 nitrogen and oxygen atoms in total. The summed E-state index contributed by atoms with van der Waals surface area (Å²) in [6.45, 7) is 1.55. The second-order valence-electron chi connectivity index (χ2n) is 4.79. The first kappa shape index (κ1) is 15.4. The van der Waals surface area contributed by atoms with Gasteiger partial charge in [-0.05, 0) is 31.2 Å². The monoisotopic (exact) mass is 347 g/mol. The summed E-state index contributed by atoms with van der Waals surface area (Å²) in [5.74, 6) is -0.434. The quantitative estimate of drug-likeness (QED) is 0.561. The molecule has 3 aromatic rings. The number of nitrogens with zero attached hydrogens (tertiary/aromatic N) is 2. The van der Waals surface area contributed by atoms with Crippen molar-refractivity contribution in [2.75, 3.05) is 5.32 Å². The minimum absolute atomic E-state index is 0.0891. The molecule has 0 aliphatic rings. The molecule has 3 rings (SSSR count). The fourth-order valence-corrected chi connectivity index (χ4v) is 3.32. The number of halogens is 1. The van der Waals surface area contributed by atoms with Gasteiger partial charge in [0.25, 0.3) is 11.6 Å². The molecule has 1 amide bonds. The normalized spacial score (nSPS) is 10.7. The Morgan fingerprint density at radius 1 is 1.35 bits per heavy atom. The number of rotatable bonds is 3. The molecule has 1 heterocycles. The summed E-state index contributed by atoms with van der Waals surface area (Å²) < 4.78 is 0.851. The molecule has 0 atom stereocenters. The summed E-state index contributed by atoms with van der Waals surface area (Å²) in [7, 11) is 0. The van der Waals surface area contributed by atoms with Crippen molar-refractivity contribution in [3.8, 4) is 0 Å². The van der Waals surface area contributed by atoms with Crippen LogP contribution in [0.25, 0.3) is 10.2 Å².